The average molecular weight is 497 g/mol. The third kappa shape index (κ3) is 4.54. The van der Waals surface area contributed by atoms with E-state index < -0.39 is 52.3 Å². The molecule has 0 saturated heterocycles. The minimum Gasteiger partial charge on any atom is -0.481 e. The van der Waals surface area contributed by atoms with Gasteiger partial charge in [0, 0.05) is 28.7 Å². The van der Waals surface area contributed by atoms with Gasteiger partial charge in [0.15, 0.2) is 11.4 Å². The molecule has 1 amide bonds. The molecule has 3 aromatic heterocycles. The second kappa shape index (κ2) is 8.45. The lowest BCUT2D eigenvalue weighted by molar-refractivity contribution is -0.143. The van der Waals surface area contributed by atoms with Crippen LogP contribution in [-0.4, -0.2) is 32.8 Å². The van der Waals surface area contributed by atoms with Gasteiger partial charge in [0.25, 0.3) is 11.5 Å². The van der Waals surface area contributed by atoms with Crippen LogP contribution in [0, 0.1) is 0 Å². The SMILES string of the molecule is COc1cc(NC(=O)c2cnn(-c3cccc4c(=O)[nH]ccc34)c2C(F)(F)F)cc(C(F)(F)F)n1. The minimum atomic E-state index is -5.10. The van der Waals surface area contributed by atoms with Crippen LogP contribution in [0.1, 0.15) is 21.7 Å². The Morgan fingerprint density at radius 2 is 1.80 bits per heavy atom. The van der Waals surface area contributed by atoms with Crippen molar-refractivity contribution in [3.63, 3.8) is 0 Å². The number of anilines is 1. The first-order chi connectivity index (χ1) is 16.4. The number of amides is 1. The quantitative estimate of drug-likeness (QED) is 0.407. The summed E-state index contributed by atoms with van der Waals surface area (Å²) in [7, 11) is 1.04. The summed E-state index contributed by atoms with van der Waals surface area (Å²) in [6.07, 6.45) is -8.12. The third-order valence-corrected chi connectivity index (χ3v) is 4.86. The van der Waals surface area contributed by atoms with E-state index in [0.717, 1.165) is 13.2 Å². The fourth-order valence-corrected chi connectivity index (χ4v) is 3.38. The number of benzene rings is 1. The highest BCUT2D eigenvalue weighted by Crippen LogP contribution is 2.36. The molecule has 0 fully saturated rings. The number of halogens is 6. The summed E-state index contributed by atoms with van der Waals surface area (Å²) in [6.45, 7) is 0. The predicted molar refractivity (Wildman–Crippen MR) is 110 cm³/mol. The van der Waals surface area contributed by atoms with E-state index in [1.807, 2.05) is 5.32 Å². The van der Waals surface area contributed by atoms with Crippen LogP contribution in [0.3, 0.4) is 0 Å². The van der Waals surface area contributed by atoms with Crippen molar-refractivity contribution in [2.24, 2.45) is 0 Å². The Balaban J connectivity index is 1.82. The number of nitrogens with one attached hydrogen (secondary N) is 2. The number of carbonyl (C=O) groups is 1. The first-order valence-corrected chi connectivity index (χ1v) is 9.61. The molecule has 0 unspecified atom stereocenters. The van der Waals surface area contributed by atoms with Crippen molar-refractivity contribution in [3.05, 3.63) is 76.1 Å². The number of ether oxygens (including phenoxy) is 1. The minimum absolute atomic E-state index is 0.0863. The lowest BCUT2D eigenvalue weighted by Crippen LogP contribution is -2.21. The largest absolute Gasteiger partial charge is 0.481 e. The highest BCUT2D eigenvalue weighted by atomic mass is 19.4. The summed E-state index contributed by atoms with van der Waals surface area (Å²) in [4.78, 5) is 30.4. The molecule has 8 nitrogen and oxygen atoms in total. The molecule has 0 atom stereocenters. The second-order valence-electron chi connectivity index (χ2n) is 7.10. The van der Waals surface area contributed by atoms with Crippen molar-refractivity contribution < 1.29 is 35.9 Å². The molecule has 182 valence electrons. The van der Waals surface area contributed by atoms with E-state index in [0.29, 0.717) is 16.9 Å². The molecule has 0 saturated carbocycles. The van der Waals surface area contributed by atoms with E-state index in [4.69, 9.17) is 0 Å². The molecule has 0 spiro atoms. The van der Waals surface area contributed by atoms with Crippen molar-refractivity contribution in [2.45, 2.75) is 12.4 Å². The fourth-order valence-electron chi connectivity index (χ4n) is 3.38. The number of H-pyrrole nitrogens is 1. The van der Waals surface area contributed by atoms with E-state index in [-0.39, 0.29) is 16.5 Å². The molecular weight excluding hydrogens is 484 g/mol. The Labute approximate surface area is 191 Å². The molecule has 1 aromatic carbocycles. The third-order valence-electron chi connectivity index (χ3n) is 4.86. The Morgan fingerprint density at radius 3 is 2.46 bits per heavy atom. The number of hydrogen-bond acceptors (Lipinski definition) is 5. The number of alkyl halides is 6. The standard InChI is InChI=1S/C21H13F6N5O3/c1-35-16-8-10(7-15(31-16)20(22,23)24)30-19(34)13-9-29-32(17(13)21(25,26)27)14-4-2-3-12-11(14)5-6-28-18(12)33/h2-9H,1H3,(H,28,33)(H,30,31,34). The Bertz CT molecular complexity index is 1490. The molecule has 0 aliphatic heterocycles. The highest BCUT2D eigenvalue weighted by Gasteiger charge is 2.41. The van der Waals surface area contributed by atoms with E-state index in [1.54, 1.807) is 0 Å². The summed E-state index contributed by atoms with van der Waals surface area (Å²) < 4.78 is 86.6. The van der Waals surface area contributed by atoms with Gasteiger partial charge in [-0.3, -0.25) is 9.59 Å². The number of carbonyl (C=O) groups excluding carboxylic acids is 1. The summed E-state index contributed by atoms with van der Waals surface area (Å²) in [6, 6.07) is 6.76. The van der Waals surface area contributed by atoms with E-state index in [2.05, 4.69) is 19.8 Å². The molecule has 35 heavy (non-hydrogen) atoms. The Kier molecular flexibility index (Phi) is 5.74. The topological polar surface area (TPSA) is 102 Å². The Hall–Kier alpha value is -4.36. The van der Waals surface area contributed by atoms with Gasteiger partial charge in [0.2, 0.25) is 5.88 Å². The zero-order valence-electron chi connectivity index (χ0n) is 17.5. The van der Waals surface area contributed by atoms with E-state index in [9.17, 15) is 35.9 Å². The molecule has 0 radical (unpaired) electrons. The molecule has 4 aromatic rings. The van der Waals surface area contributed by atoms with Crippen LogP contribution in [-0.2, 0) is 12.4 Å². The first-order valence-electron chi connectivity index (χ1n) is 9.61. The van der Waals surface area contributed by atoms with Gasteiger partial charge in [0.1, 0.15) is 0 Å². The van der Waals surface area contributed by atoms with Crippen LogP contribution >= 0.6 is 0 Å². The highest BCUT2D eigenvalue weighted by molar-refractivity contribution is 6.05. The number of fused-ring (bicyclic) bond motifs is 1. The molecule has 2 N–H and O–H groups in total. The van der Waals surface area contributed by atoms with Gasteiger partial charge < -0.3 is 15.0 Å². The van der Waals surface area contributed by atoms with Crippen molar-refractivity contribution >= 4 is 22.4 Å². The maximum Gasteiger partial charge on any atom is 0.434 e. The maximum absolute atomic E-state index is 14.1. The zero-order chi connectivity index (χ0) is 25.5. The predicted octanol–water partition coefficient (Wildman–Crippen LogP) is 4.41. The smallest absolute Gasteiger partial charge is 0.434 e. The number of pyridine rings is 2. The number of hydrogen-bond donors (Lipinski definition) is 2. The molecule has 0 bridgehead atoms. The van der Waals surface area contributed by atoms with E-state index >= 15 is 0 Å². The number of methoxy groups -OCH3 is 1. The number of aromatic nitrogens is 4. The zero-order valence-corrected chi connectivity index (χ0v) is 17.5. The van der Waals surface area contributed by atoms with Gasteiger partial charge in [-0.2, -0.15) is 31.4 Å². The summed E-state index contributed by atoms with van der Waals surface area (Å²) in [5.41, 5.74) is -5.03. The number of aromatic amines is 1. The molecule has 14 heteroatoms. The van der Waals surface area contributed by atoms with Crippen LogP contribution in [0.4, 0.5) is 32.0 Å². The summed E-state index contributed by atoms with van der Waals surface area (Å²) in [5, 5.41) is 5.91. The van der Waals surface area contributed by atoms with Gasteiger partial charge in [-0.05, 0) is 24.3 Å². The van der Waals surface area contributed by atoms with Gasteiger partial charge >= 0.3 is 12.4 Å². The second-order valence-corrected chi connectivity index (χ2v) is 7.10. The van der Waals surface area contributed by atoms with Crippen LogP contribution < -0.4 is 15.6 Å². The normalized spacial score (nSPS) is 12.1. The summed E-state index contributed by atoms with van der Waals surface area (Å²) in [5.74, 6) is -1.88. The molecule has 3 heterocycles. The van der Waals surface area contributed by atoms with Gasteiger partial charge in [-0.1, -0.05) is 6.07 Å². The maximum atomic E-state index is 14.1. The first kappa shape index (κ1) is 23.8. The molecule has 0 aliphatic rings. The fraction of sp³-hybridized carbons (Fsp3) is 0.143. The summed E-state index contributed by atoms with van der Waals surface area (Å²) >= 11 is 0. The number of nitrogens with zero attached hydrogens (tertiary/aromatic N) is 3. The van der Waals surface area contributed by atoms with E-state index in [1.165, 1.54) is 30.5 Å². The Morgan fingerprint density at radius 1 is 1.06 bits per heavy atom. The lowest BCUT2D eigenvalue weighted by Gasteiger charge is -2.15. The molecule has 4 rings (SSSR count). The van der Waals surface area contributed by atoms with Crippen LogP contribution in [0.5, 0.6) is 5.88 Å². The average Bonchev–Trinajstić information content (AvgIpc) is 3.24. The van der Waals surface area contributed by atoms with Gasteiger partial charge in [-0.15, -0.1) is 0 Å². The van der Waals surface area contributed by atoms with Crippen LogP contribution in [0.25, 0.3) is 16.5 Å². The van der Waals surface area contributed by atoms with Crippen molar-refractivity contribution in [2.75, 3.05) is 12.4 Å². The number of rotatable bonds is 4. The van der Waals surface area contributed by atoms with Gasteiger partial charge in [-0.25, -0.2) is 9.67 Å². The molecular formula is C21H13F6N5O3. The lowest BCUT2D eigenvalue weighted by atomic mass is 10.1. The van der Waals surface area contributed by atoms with Gasteiger partial charge in [0.05, 0.1) is 24.6 Å². The van der Waals surface area contributed by atoms with Crippen molar-refractivity contribution in [3.8, 4) is 11.6 Å². The van der Waals surface area contributed by atoms with Crippen LogP contribution in [0.2, 0.25) is 0 Å². The monoisotopic (exact) mass is 497 g/mol. The molecule has 0 aliphatic carbocycles. The van der Waals surface area contributed by atoms with Crippen molar-refractivity contribution in [1.82, 2.24) is 19.7 Å². The van der Waals surface area contributed by atoms with Crippen molar-refractivity contribution in [1.29, 1.82) is 0 Å². The van der Waals surface area contributed by atoms with Crippen LogP contribution in [0.15, 0.2) is 53.6 Å².